The van der Waals surface area contributed by atoms with Crippen LogP contribution in [0.25, 0.3) is 0 Å². The van der Waals surface area contributed by atoms with E-state index in [9.17, 15) is 0 Å². The Morgan fingerprint density at radius 3 is 1.75 bits per heavy atom. The third-order valence-electron chi connectivity index (χ3n) is 0. The SMILES string of the molecule is [CH2-]C#N.[Li+]. The van der Waals surface area contributed by atoms with Crippen molar-refractivity contribution in [3.05, 3.63) is 6.92 Å². The fourth-order valence-electron chi connectivity index (χ4n) is 0. The predicted molar refractivity (Wildman–Crippen MR) is 11.0 cm³/mol. The van der Waals surface area contributed by atoms with E-state index in [1.54, 1.807) is 0 Å². The minimum Gasteiger partial charge on any atom is -0.305 e. The first kappa shape index (κ1) is 9.03. The average molecular weight is 47.0 g/mol. The summed E-state index contributed by atoms with van der Waals surface area (Å²) in [6.07, 6.45) is 0. The summed E-state index contributed by atoms with van der Waals surface area (Å²) >= 11 is 0. The molecule has 0 amide bonds. The Hall–Kier alpha value is -0.0426. The van der Waals surface area contributed by atoms with Gasteiger partial charge in [-0.1, -0.05) is 0 Å². The third-order valence-corrected chi connectivity index (χ3v) is 0. The van der Waals surface area contributed by atoms with Gasteiger partial charge < -0.3 is 6.92 Å². The van der Waals surface area contributed by atoms with Gasteiger partial charge in [-0.3, -0.25) is 0 Å². The molecule has 0 aromatic rings. The Kier molecular flexibility index (Phi) is 27.9. The van der Waals surface area contributed by atoms with Gasteiger partial charge >= 0.3 is 18.9 Å². The van der Waals surface area contributed by atoms with E-state index in [2.05, 4.69) is 6.92 Å². The van der Waals surface area contributed by atoms with Crippen molar-refractivity contribution in [1.29, 1.82) is 5.26 Å². The smallest absolute Gasteiger partial charge is 0.305 e. The molecule has 0 saturated carbocycles. The molecule has 4 heavy (non-hydrogen) atoms. The van der Waals surface area contributed by atoms with Gasteiger partial charge in [0.1, 0.15) is 0 Å². The van der Waals surface area contributed by atoms with E-state index < -0.39 is 0 Å². The quantitative estimate of drug-likeness (QED) is 0.216. The molecule has 0 aliphatic heterocycles. The summed E-state index contributed by atoms with van der Waals surface area (Å²) < 4.78 is 0. The maximum atomic E-state index is 7.21. The van der Waals surface area contributed by atoms with Gasteiger partial charge in [-0.15, -0.1) is 6.07 Å². The standard InChI is InChI=1S/C2H2N.Li/c1-2-3;/h1H2;/q-1;+1. The summed E-state index contributed by atoms with van der Waals surface area (Å²) in [7, 11) is 0. The molecule has 0 spiro atoms. The van der Waals surface area contributed by atoms with Gasteiger partial charge in [0.2, 0.25) is 0 Å². The molecule has 16 valence electrons. The van der Waals surface area contributed by atoms with Gasteiger partial charge in [0.15, 0.2) is 0 Å². The van der Waals surface area contributed by atoms with Crippen molar-refractivity contribution in [2.24, 2.45) is 0 Å². The number of rotatable bonds is 0. The van der Waals surface area contributed by atoms with E-state index in [1.807, 2.05) is 0 Å². The summed E-state index contributed by atoms with van der Waals surface area (Å²) in [4.78, 5) is 0. The minimum atomic E-state index is 0. The third kappa shape index (κ3) is 989. The van der Waals surface area contributed by atoms with E-state index in [0.717, 1.165) is 0 Å². The van der Waals surface area contributed by atoms with Crippen LogP contribution >= 0.6 is 0 Å². The van der Waals surface area contributed by atoms with Crippen molar-refractivity contribution in [1.82, 2.24) is 0 Å². The van der Waals surface area contributed by atoms with Crippen molar-refractivity contribution in [2.45, 2.75) is 0 Å². The minimum absolute atomic E-state index is 0. The predicted octanol–water partition coefficient (Wildman–Crippen LogP) is -2.65. The van der Waals surface area contributed by atoms with Crippen LogP contribution in [0.2, 0.25) is 0 Å². The van der Waals surface area contributed by atoms with Gasteiger partial charge in [0.25, 0.3) is 0 Å². The van der Waals surface area contributed by atoms with Gasteiger partial charge in [-0.25, -0.2) is 5.26 Å². The van der Waals surface area contributed by atoms with Crippen LogP contribution in [0.4, 0.5) is 0 Å². The Morgan fingerprint density at radius 2 is 1.75 bits per heavy atom. The molecule has 0 fully saturated rings. The second-order valence-corrected chi connectivity index (χ2v) is 0.158. The van der Waals surface area contributed by atoms with E-state index in [4.69, 9.17) is 5.26 Å². The molecule has 0 bridgehead atoms. The molecule has 0 heterocycles. The van der Waals surface area contributed by atoms with Gasteiger partial charge in [0.05, 0.1) is 0 Å². The first-order chi connectivity index (χ1) is 1.41. The number of hydrogen-bond acceptors (Lipinski definition) is 1. The summed E-state index contributed by atoms with van der Waals surface area (Å²) in [6.45, 7) is 2.79. The Morgan fingerprint density at radius 1 is 1.75 bits per heavy atom. The van der Waals surface area contributed by atoms with Crippen molar-refractivity contribution in [3.63, 3.8) is 0 Å². The Balaban J connectivity index is 0. The van der Waals surface area contributed by atoms with Crippen molar-refractivity contribution >= 4 is 0 Å². The molecule has 0 atom stereocenters. The summed E-state index contributed by atoms with van der Waals surface area (Å²) in [5.74, 6) is 0. The molecule has 2 heteroatoms. The van der Waals surface area contributed by atoms with Crippen LogP contribution in [-0.2, 0) is 0 Å². The molecule has 0 radical (unpaired) electrons. The second kappa shape index (κ2) is 12.4. The van der Waals surface area contributed by atoms with Crippen LogP contribution in [0, 0.1) is 18.3 Å². The van der Waals surface area contributed by atoms with E-state index in [1.165, 1.54) is 6.07 Å². The summed E-state index contributed by atoms with van der Waals surface area (Å²) in [5, 5.41) is 7.21. The number of nitriles is 1. The van der Waals surface area contributed by atoms with Crippen molar-refractivity contribution in [3.8, 4) is 6.07 Å². The fraction of sp³-hybridized carbons (Fsp3) is 0. The van der Waals surface area contributed by atoms with E-state index in [-0.39, 0.29) is 18.9 Å². The van der Waals surface area contributed by atoms with Crippen LogP contribution in [-0.4, -0.2) is 0 Å². The maximum Gasteiger partial charge on any atom is 1.00 e. The Labute approximate surface area is 37.8 Å². The summed E-state index contributed by atoms with van der Waals surface area (Å²) in [5.41, 5.74) is 0. The van der Waals surface area contributed by atoms with Crippen LogP contribution in [0.1, 0.15) is 0 Å². The zero-order chi connectivity index (χ0) is 2.71. The van der Waals surface area contributed by atoms with Gasteiger partial charge in [0, 0.05) is 0 Å². The number of hydrogen-bond donors (Lipinski definition) is 0. The van der Waals surface area contributed by atoms with Gasteiger partial charge in [-0.2, -0.15) is 0 Å². The van der Waals surface area contributed by atoms with Crippen LogP contribution in [0.3, 0.4) is 0 Å². The first-order valence-corrected chi connectivity index (χ1v) is 0.577. The van der Waals surface area contributed by atoms with Crippen molar-refractivity contribution < 1.29 is 18.9 Å². The van der Waals surface area contributed by atoms with Gasteiger partial charge in [-0.05, 0) is 0 Å². The maximum absolute atomic E-state index is 7.21. The summed E-state index contributed by atoms with van der Waals surface area (Å²) in [6, 6.07) is 1.50. The molecular weight excluding hydrogens is 45.0 g/mol. The van der Waals surface area contributed by atoms with Crippen LogP contribution in [0.15, 0.2) is 0 Å². The van der Waals surface area contributed by atoms with Crippen molar-refractivity contribution in [2.75, 3.05) is 0 Å². The molecule has 0 unspecified atom stereocenters. The molecule has 0 aliphatic rings. The topological polar surface area (TPSA) is 23.8 Å². The monoisotopic (exact) mass is 47.0 g/mol. The average Bonchev–Trinajstić information content (AvgIpc) is 0.918. The number of nitrogens with zero attached hydrogens (tertiary/aromatic N) is 1. The largest absolute Gasteiger partial charge is 1.00 e. The molecular formula is C2H2LiN. The van der Waals surface area contributed by atoms with E-state index >= 15 is 0 Å². The molecule has 0 rings (SSSR count). The zero-order valence-corrected chi connectivity index (χ0v) is 2.65. The molecule has 0 aromatic carbocycles. The Bertz CT molecular complexity index is 27.5. The normalized spacial score (nSPS) is 1.75. The van der Waals surface area contributed by atoms with E-state index in [0.29, 0.717) is 0 Å². The van der Waals surface area contributed by atoms with Crippen LogP contribution < -0.4 is 18.9 Å². The fourth-order valence-corrected chi connectivity index (χ4v) is 0. The zero-order valence-electron chi connectivity index (χ0n) is 2.65. The van der Waals surface area contributed by atoms with Crippen LogP contribution in [0.5, 0.6) is 0 Å². The molecule has 0 aromatic heterocycles. The second-order valence-electron chi connectivity index (χ2n) is 0.158. The molecule has 0 saturated heterocycles. The first-order valence-electron chi connectivity index (χ1n) is 0.577. The molecule has 1 nitrogen and oxygen atoms in total. The molecule has 0 aliphatic carbocycles. The molecule has 0 N–H and O–H groups in total.